The van der Waals surface area contributed by atoms with E-state index in [0.717, 1.165) is 19.3 Å². The fourth-order valence-corrected chi connectivity index (χ4v) is 6.48. The number of nitrogens with one attached hydrogen (secondary N) is 1. The molecule has 3 heterocycles. The number of piperidine rings is 1. The zero-order valence-electron chi connectivity index (χ0n) is 16.7. The van der Waals surface area contributed by atoms with E-state index in [0.29, 0.717) is 31.6 Å². The molecule has 1 aromatic rings. The van der Waals surface area contributed by atoms with Crippen molar-refractivity contribution in [1.82, 2.24) is 14.3 Å². The third kappa shape index (κ3) is 4.04. The van der Waals surface area contributed by atoms with Crippen LogP contribution in [0.25, 0.3) is 0 Å². The molecule has 0 spiro atoms. The van der Waals surface area contributed by atoms with Gasteiger partial charge in [0.2, 0.25) is 21.9 Å². The molecule has 3 fully saturated rings. The Morgan fingerprint density at radius 1 is 1.34 bits per heavy atom. The molecule has 2 saturated heterocycles. The Labute approximate surface area is 171 Å². The molecular weight excluding hydrogens is 394 g/mol. The van der Waals surface area contributed by atoms with Crippen LogP contribution < -0.4 is 10.1 Å². The Morgan fingerprint density at radius 3 is 2.59 bits per heavy atom. The van der Waals surface area contributed by atoms with Crippen molar-refractivity contribution in [2.75, 3.05) is 11.6 Å². The van der Waals surface area contributed by atoms with Gasteiger partial charge in [-0.15, -0.1) is 0 Å². The highest BCUT2D eigenvalue weighted by Crippen LogP contribution is 2.38. The molecule has 0 aromatic carbocycles. The van der Waals surface area contributed by atoms with Gasteiger partial charge in [0.15, 0.2) is 0 Å². The van der Waals surface area contributed by atoms with Crippen LogP contribution >= 0.6 is 0 Å². The summed E-state index contributed by atoms with van der Waals surface area (Å²) in [4.78, 5) is 8.63. The van der Waals surface area contributed by atoms with Crippen molar-refractivity contribution in [1.29, 1.82) is 5.26 Å². The van der Waals surface area contributed by atoms with Crippen molar-refractivity contribution in [3.63, 3.8) is 0 Å². The first-order chi connectivity index (χ1) is 13.7. The molecule has 2 aliphatic heterocycles. The number of ether oxygens (including phenoxy) is 1. The smallest absolute Gasteiger partial charge is 0.236 e. The molecule has 1 aliphatic carbocycles. The Balaban J connectivity index is 1.48. The number of hydrogen-bond donors (Lipinski definition) is 2. The lowest BCUT2D eigenvalue weighted by atomic mass is 10.00. The second-order valence-electron chi connectivity index (χ2n) is 8.67. The average Bonchev–Trinajstić information content (AvgIpc) is 3.12. The van der Waals surface area contributed by atoms with Crippen LogP contribution in [-0.2, 0) is 10.0 Å². The SMILES string of the molecule is CC1(O)CCCC1Oc1nc(NC2CC3CCC(C2)N3S(C)(=O)=O)ncc1C#N. The molecule has 1 aromatic heterocycles. The molecule has 10 heteroatoms. The van der Waals surface area contributed by atoms with Crippen molar-refractivity contribution < 1.29 is 18.3 Å². The lowest BCUT2D eigenvalue weighted by Crippen LogP contribution is -2.49. The van der Waals surface area contributed by atoms with Gasteiger partial charge in [0.05, 0.1) is 18.1 Å². The monoisotopic (exact) mass is 421 g/mol. The predicted molar refractivity (Wildman–Crippen MR) is 106 cm³/mol. The summed E-state index contributed by atoms with van der Waals surface area (Å²) in [6.45, 7) is 1.74. The highest BCUT2D eigenvalue weighted by atomic mass is 32.2. The lowest BCUT2D eigenvalue weighted by molar-refractivity contribution is -0.0271. The van der Waals surface area contributed by atoms with Crippen LogP contribution in [0.1, 0.15) is 57.4 Å². The molecule has 3 aliphatic rings. The van der Waals surface area contributed by atoms with Crippen LogP contribution in [0.15, 0.2) is 6.20 Å². The summed E-state index contributed by atoms with van der Waals surface area (Å²) in [6.07, 6.45) is 7.63. The molecule has 1 saturated carbocycles. The van der Waals surface area contributed by atoms with Crippen LogP contribution in [0.4, 0.5) is 5.95 Å². The van der Waals surface area contributed by atoms with Crippen molar-refractivity contribution in [3.8, 4) is 11.9 Å². The summed E-state index contributed by atoms with van der Waals surface area (Å²) in [5.41, 5.74) is -0.714. The number of nitriles is 1. The molecule has 158 valence electrons. The fourth-order valence-electron chi connectivity index (χ4n) is 5.02. The maximum absolute atomic E-state index is 12.1. The van der Waals surface area contributed by atoms with Crippen molar-refractivity contribution in [2.45, 2.75) is 81.7 Å². The first-order valence-electron chi connectivity index (χ1n) is 10.1. The van der Waals surface area contributed by atoms with Gasteiger partial charge in [-0.25, -0.2) is 13.4 Å². The molecule has 4 atom stereocenters. The second-order valence-corrected chi connectivity index (χ2v) is 10.6. The van der Waals surface area contributed by atoms with E-state index < -0.39 is 21.7 Å². The van der Waals surface area contributed by atoms with Gasteiger partial charge >= 0.3 is 0 Å². The Morgan fingerprint density at radius 2 is 2.03 bits per heavy atom. The van der Waals surface area contributed by atoms with Gasteiger partial charge in [-0.3, -0.25) is 0 Å². The van der Waals surface area contributed by atoms with E-state index in [-0.39, 0.29) is 29.6 Å². The van der Waals surface area contributed by atoms with Crippen LogP contribution in [0.2, 0.25) is 0 Å². The minimum absolute atomic E-state index is 0.00365. The lowest BCUT2D eigenvalue weighted by Gasteiger charge is -2.37. The maximum Gasteiger partial charge on any atom is 0.236 e. The number of sulfonamides is 1. The van der Waals surface area contributed by atoms with Crippen molar-refractivity contribution in [2.24, 2.45) is 0 Å². The highest BCUT2D eigenvalue weighted by molar-refractivity contribution is 7.88. The molecule has 2 N–H and O–H groups in total. The largest absolute Gasteiger partial charge is 0.470 e. The molecule has 9 nitrogen and oxygen atoms in total. The van der Waals surface area contributed by atoms with Gasteiger partial charge in [-0.2, -0.15) is 14.6 Å². The molecule has 0 radical (unpaired) electrons. The molecule has 4 unspecified atom stereocenters. The molecule has 0 amide bonds. The van der Waals surface area contributed by atoms with Crippen LogP contribution in [0.3, 0.4) is 0 Å². The standard InChI is InChI=1S/C19H27N5O4S/c1-19(25)7-3-4-16(19)28-17-12(10-20)11-21-18(23-17)22-13-8-14-5-6-15(9-13)24(14)29(2,26)27/h11,13-16,25H,3-9H2,1-2H3,(H,21,22,23). The number of aromatic nitrogens is 2. The highest BCUT2D eigenvalue weighted by Gasteiger charge is 2.45. The topological polar surface area (TPSA) is 128 Å². The summed E-state index contributed by atoms with van der Waals surface area (Å²) in [7, 11) is -3.20. The van der Waals surface area contributed by atoms with Crippen LogP contribution in [0.5, 0.6) is 5.88 Å². The van der Waals surface area contributed by atoms with Gasteiger partial charge in [0.1, 0.15) is 17.7 Å². The summed E-state index contributed by atoms with van der Waals surface area (Å²) in [5.74, 6) is 0.530. The van der Waals surface area contributed by atoms with Gasteiger partial charge < -0.3 is 15.2 Å². The van der Waals surface area contributed by atoms with E-state index in [1.54, 1.807) is 11.2 Å². The quantitative estimate of drug-likeness (QED) is 0.730. The average molecular weight is 422 g/mol. The Kier molecular flexibility index (Phi) is 5.17. The molecule has 4 rings (SSSR count). The van der Waals surface area contributed by atoms with Gasteiger partial charge in [-0.1, -0.05) is 0 Å². The van der Waals surface area contributed by atoms with Gasteiger partial charge in [0.25, 0.3) is 0 Å². The first-order valence-corrected chi connectivity index (χ1v) is 11.9. The maximum atomic E-state index is 12.1. The fraction of sp³-hybridized carbons (Fsp3) is 0.737. The summed E-state index contributed by atoms with van der Waals surface area (Å²) >= 11 is 0. The number of fused-ring (bicyclic) bond motifs is 2. The predicted octanol–water partition coefficient (Wildman–Crippen LogP) is 1.40. The molecular formula is C19H27N5O4S. The van der Waals surface area contributed by atoms with E-state index >= 15 is 0 Å². The summed E-state index contributed by atoms with van der Waals surface area (Å²) in [6, 6.07) is 2.11. The van der Waals surface area contributed by atoms with E-state index in [4.69, 9.17) is 4.74 Å². The van der Waals surface area contributed by atoms with Crippen molar-refractivity contribution in [3.05, 3.63) is 11.8 Å². The Hall–Kier alpha value is -1.96. The number of anilines is 1. The van der Waals surface area contributed by atoms with Gasteiger partial charge in [-0.05, 0) is 51.9 Å². The minimum atomic E-state index is -3.20. The second kappa shape index (κ2) is 7.38. The first kappa shape index (κ1) is 20.3. The van der Waals surface area contributed by atoms with E-state index in [1.807, 2.05) is 6.07 Å². The number of hydrogen-bond acceptors (Lipinski definition) is 8. The third-order valence-electron chi connectivity index (χ3n) is 6.35. The summed E-state index contributed by atoms with van der Waals surface area (Å²) < 4.78 is 31.7. The van der Waals surface area contributed by atoms with E-state index in [2.05, 4.69) is 15.3 Å². The van der Waals surface area contributed by atoms with Crippen LogP contribution in [-0.4, -0.2) is 63.9 Å². The number of aliphatic hydroxyl groups is 1. The molecule has 29 heavy (non-hydrogen) atoms. The molecule has 2 bridgehead atoms. The number of nitrogens with zero attached hydrogens (tertiary/aromatic N) is 4. The van der Waals surface area contributed by atoms with E-state index in [9.17, 15) is 18.8 Å². The van der Waals surface area contributed by atoms with Gasteiger partial charge in [0, 0.05) is 18.1 Å². The zero-order chi connectivity index (χ0) is 20.8. The third-order valence-corrected chi connectivity index (χ3v) is 7.72. The minimum Gasteiger partial charge on any atom is -0.470 e. The Bertz CT molecular complexity index is 915. The summed E-state index contributed by atoms with van der Waals surface area (Å²) in [5, 5.41) is 23.1. The number of rotatable bonds is 5. The van der Waals surface area contributed by atoms with Crippen molar-refractivity contribution >= 4 is 16.0 Å². The zero-order valence-corrected chi connectivity index (χ0v) is 17.5. The van der Waals surface area contributed by atoms with Crippen LogP contribution in [0, 0.1) is 11.3 Å². The van der Waals surface area contributed by atoms with E-state index in [1.165, 1.54) is 12.5 Å². The normalized spacial score (nSPS) is 34.7.